The SMILES string of the molecule is CN1CCN(C(=O)Oc2ccc3c(c2)[C@@]2(C)CCCCC[C@@H](C3)[C@@H]2N)CC1. The van der Waals surface area contributed by atoms with E-state index in [-0.39, 0.29) is 17.6 Å². The van der Waals surface area contributed by atoms with Crippen molar-refractivity contribution in [1.29, 1.82) is 0 Å². The number of ether oxygens (including phenoxy) is 1. The molecule has 1 aromatic rings. The van der Waals surface area contributed by atoms with Crippen LogP contribution < -0.4 is 10.5 Å². The lowest BCUT2D eigenvalue weighted by Crippen LogP contribution is -2.52. The second-order valence-electron chi connectivity index (χ2n) is 8.98. The average molecular weight is 372 g/mol. The Balaban J connectivity index is 1.56. The second kappa shape index (κ2) is 7.44. The molecule has 1 saturated heterocycles. The van der Waals surface area contributed by atoms with Crippen LogP contribution in [-0.4, -0.2) is 55.2 Å². The summed E-state index contributed by atoms with van der Waals surface area (Å²) in [5, 5.41) is 0. The average Bonchev–Trinajstić information content (AvgIpc) is 2.66. The molecule has 2 aliphatic carbocycles. The zero-order valence-electron chi connectivity index (χ0n) is 16.7. The Morgan fingerprint density at radius 2 is 1.96 bits per heavy atom. The van der Waals surface area contributed by atoms with Crippen LogP contribution in [0.2, 0.25) is 0 Å². The molecule has 4 rings (SSSR count). The van der Waals surface area contributed by atoms with Crippen molar-refractivity contribution < 1.29 is 9.53 Å². The summed E-state index contributed by atoms with van der Waals surface area (Å²) in [4.78, 5) is 16.6. The van der Waals surface area contributed by atoms with Crippen LogP contribution in [0.1, 0.15) is 50.2 Å². The molecule has 148 valence electrons. The van der Waals surface area contributed by atoms with E-state index in [0.29, 0.717) is 11.7 Å². The highest BCUT2D eigenvalue weighted by molar-refractivity contribution is 5.71. The lowest BCUT2D eigenvalue weighted by Gasteiger charge is -2.47. The van der Waals surface area contributed by atoms with Gasteiger partial charge < -0.3 is 20.3 Å². The van der Waals surface area contributed by atoms with E-state index in [9.17, 15) is 4.79 Å². The van der Waals surface area contributed by atoms with Crippen molar-refractivity contribution in [1.82, 2.24) is 9.80 Å². The molecular weight excluding hydrogens is 338 g/mol. The van der Waals surface area contributed by atoms with E-state index < -0.39 is 0 Å². The molecule has 1 heterocycles. The first-order chi connectivity index (χ1) is 13.0. The first kappa shape index (κ1) is 18.8. The van der Waals surface area contributed by atoms with Crippen LogP contribution in [0.3, 0.4) is 0 Å². The van der Waals surface area contributed by atoms with Crippen molar-refractivity contribution in [2.45, 2.75) is 56.9 Å². The van der Waals surface area contributed by atoms with Gasteiger partial charge >= 0.3 is 6.09 Å². The van der Waals surface area contributed by atoms with Gasteiger partial charge in [-0.1, -0.05) is 32.3 Å². The quantitative estimate of drug-likeness (QED) is 0.824. The summed E-state index contributed by atoms with van der Waals surface area (Å²) in [5.74, 6) is 1.23. The first-order valence-corrected chi connectivity index (χ1v) is 10.5. The highest BCUT2D eigenvalue weighted by Gasteiger charge is 2.43. The number of likely N-dealkylation sites (N-methyl/N-ethyl adjacent to an activating group) is 1. The zero-order valence-corrected chi connectivity index (χ0v) is 16.7. The number of carbonyl (C=O) groups is 1. The number of nitrogens with zero attached hydrogens (tertiary/aromatic N) is 2. The van der Waals surface area contributed by atoms with E-state index in [4.69, 9.17) is 10.5 Å². The summed E-state index contributed by atoms with van der Waals surface area (Å²) >= 11 is 0. The van der Waals surface area contributed by atoms with Gasteiger partial charge in [0.2, 0.25) is 0 Å². The number of benzene rings is 1. The molecule has 1 aromatic carbocycles. The number of amides is 1. The Bertz CT molecular complexity index is 699. The Labute approximate surface area is 162 Å². The molecule has 1 saturated carbocycles. The van der Waals surface area contributed by atoms with Gasteiger partial charge in [0, 0.05) is 37.6 Å². The maximum Gasteiger partial charge on any atom is 0.415 e. The Hall–Kier alpha value is -1.59. The Morgan fingerprint density at radius 1 is 1.19 bits per heavy atom. The summed E-state index contributed by atoms with van der Waals surface area (Å²) < 4.78 is 5.76. The van der Waals surface area contributed by atoms with Gasteiger partial charge in [0.15, 0.2) is 0 Å². The van der Waals surface area contributed by atoms with Crippen molar-refractivity contribution >= 4 is 6.09 Å². The van der Waals surface area contributed by atoms with Gasteiger partial charge in [0.25, 0.3) is 0 Å². The van der Waals surface area contributed by atoms with Gasteiger partial charge in [-0.3, -0.25) is 0 Å². The van der Waals surface area contributed by atoms with Gasteiger partial charge in [-0.2, -0.15) is 0 Å². The minimum absolute atomic E-state index is 0.0189. The van der Waals surface area contributed by atoms with E-state index in [2.05, 4.69) is 31.0 Å². The topological polar surface area (TPSA) is 58.8 Å². The highest BCUT2D eigenvalue weighted by Crippen LogP contribution is 2.46. The second-order valence-corrected chi connectivity index (χ2v) is 8.98. The summed E-state index contributed by atoms with van der Waals surface area (Å²) in [5.41, 5.74) is 9.44. The predicted octanol–water partition coefficient (Wildman–Crippen LogP) is 3.15. The largest absolute Gasteiger partial charge is 0.415 e. The molecule has 5 heteroatoms. The van der Waals surface area contributed by atoms with Crippen LogP contribution in [0.4, 0.5) is 4.79 Å². The number of rotatable bonds is 1. The van der Waals surface area contributed by atoms with E-state index in [1.807, 2.05) is 6.07 Å². The molecule has 1 amide bonds. The van der Waals surface area contributed by atoms with Crippen LogP contribution in [0.5, 0.6) is 5.75 Å². The monoisotopic (exact) mass is 371 g/mol. The normalized spacial score (nSPS) is 31.6. The maximum atomic E-state index is 12.6. The summed E-state index contributed by atoms with van der Waals surface area (Å²) in [6, 6.07) is 6.42. The maximum absolute atomic E-state index is 12.6. The van der Waals surface area contributed by atoms with Gasteiger partial charge in [0.1, 0.15) is 5.75 Å². The van der Waals surface area contributed by atoms with Gasteiger partial charge in [-0.15, -0.1) is 0 Å². The minimum Gasteiger partial charge on any atom is -0.410 e. The van der Waals surface area contributed by atoms with Gasteiger partial charge in [-0.05, 0) is 55.5 Å². The lowest BCUT2D eigenvalue weighted by molar-refractivity contribution is 0.120. The van der Waals surface area contributed by atoms with E-state index in [1.54, 1.807) is 4.90 Å². The van der Waals surface area contributed by atoms with Crippen LogP contribution >= 0.6 is 0 Å². The molecule has 2 bridgehead atoms. The fraction of sp³-hybridized carbons (Fsp3) is 0.682. The molecule has 2 fully saturated rings. The van der Waals surface area contributed by atoms with Crippen LogP contribution in [0, 0.1) is 5.92 Å². The lowest BCUT2D eigenvalue weighted by atomic mass is 9.60. The molecule has 0 radical (unpaired) electrons. The number of carbonyl (C=O) groups excluding carboxylic acids is 1. The zero-order chi connectivity index (χ0) is 19.0. The molecule has 1 aliphatic heterocycles. The Kier molecular flexibility index (Phi) is 5.17. The summed E-state index contributed by atoms with van der Waals surface area (Å²) in [6.45, 7) is 5.57. The first-order valence-electron chi connectivity index (χ1n) is 10.5. The number of hydrogen-bond acceptors (Lipinski definition) is 4. The fourth-order valence-corrected chi connectivity index (χ4v) is 5.25. The standard InChI is InChI=1S/C22H33N3O2/c1-22-9-5-3-4-6-17(20(22)23)14-16-7-8-18(15-19(16)22)27-21(26)25-12-10-24(2)11-13-25/h7-8,15,17,20H,3-6,9-14,23H2,1-2H3/t17-,20-,22+/m0/s1. The van der Waals surface area contributed by atoms with E-state index in [1.165, 1.54) is 36.8 Å². The van der Waals surface area contributed by atoms with Crippen molar-refractivity contribution in [3.05, 3.63) is 29.3 Å². The third-order valence-electron chi connectivity index (χ3n) is 7.16. The van der Waals surface area contributed by atoms with Crippen LogP contribution in [0.25, 0.3) is 0 Å². The predicted molar refractivity (Wildman–Crippen MR) is 107 cm³/mol. The Morgan fingerprint density at radius 3 is 2.74 bits per heavy atom. The van der Waals surface area contributed by atoms with Crippen molar-refractivity contribution in [2.24, 2.45) is 11.7 Å². The third kappa shape index (κ3) is 3.59. The van der Waals surface area contributed by atoms with Gasteiger partial charge in [-0.25, -0.2) is 4.79 Å². The molecule has 0 aromatic heterocycles. The van der Waals surface area contributed by atoms with E-state index in [0.717, 1.165) is 39.0 Å². The van der Waals surface area contributed by atoms with Crippen LogP contribution in [0.15, 0.2) is 18.2 Å². The van der Waals surface area contributed by atoms with Crippen molar-refractivity contribution in [3.8, 4) is 5.75 Å². The third-order valence-corrected chi connectivity index (χ3v) is 7.16. The number of hydrogen-bond donors (Lipinski definition) is 1. The molecule has 3 aliphatic rings. The molecule has 0 spiro atoms. The molecule has 0 unspecified atom stereocenters. The molecule has 3 atom stereocenters. The van der Waals surface area contributed by atoms with Crippen molar-refractivity contribution in [3.63, 3.8) is 0 Å². The fourth-order valence-electron chi connectivity index (χ4n) is 5.25. The highest BCUT2D eigenvalue weighted by atomic mass is 16.6. The number of piperazine rings is 1. The summed E-state index contributed by atoms with van der Waals surface area (Å²) in [6.07, 6.45) is 6.99. The number of nitrogens with two attached hydrogens (primary N) is 1. The van der Waals surface area contributed by atoms with Crippen molar-refractivity contribution in [2.75, 3.05) is 33.2 Å². The smallest absolute Gasteiger partial charge is 0.410 e. The molecule has 5 nitrogen and oxygen atoms in total. The van der Waals surface area contributed by atoms with Crippen LogP contribution in [-0.2, 0) is 11.8 Å². The van der Waals surface area contributed by atoms with Gasteiger partial charge in [0.05, 0.1) is 0 Å². The molecule has 2 N–H and O–H groups in total. The van der Waals surface area contributed by atoms with E-state index >= 15 is 0 Å². The molecule has 27 heavy (non-hydrogen) atoms. The minimum atomic E-state index is -0.233. The number of fused-ring (bicyclic) bond motifs is 4. The molecular formula is C22H33N3O2. The summed E-state index contributed by atoms with van der Waals surface area (Å²) in [7, 11) is 2.08.